The number of rotatable bonds is 6. The summed E-state index contributed by atoms with van der Waals surface area (Å²) >= 11 is 6.13. The smallest absolute Gasteiger partial charge is 0.251 e. The summed E-state index contributed by atoms with van der Waals surface area (Å²) < 4.78 is 6.86. The van der Waals surface area contributed by atoms with Crippen LogP contribution in [0, 0.1) is 6.92 Å². The number of halogens is 1. The summed E-state index contributed by atoms with van der Waals surface area (Å²) in [6.45, 7) is 3.90. The largest absolute Gasteiger partial charge is 0.497 e. The Labute approximate surface area is 185 Å². The van der Waals surface area contributed by atoms with Gasteiger partial charge in [0.25, 0.3) is 5.91 Å². The standard InChI is InChI=1S/C23H23ClN4O3/c1-4-18-21(14-6-9-16(31-3)10-7-14)22-26-23(30)19(28(22)27-18)12-20(29)25-15-8-5-13(2)17(24)11-15/h5-11,19H,4,12H2,1-3H3,(H,25,29)(H,26,30). The average Bonchev–Trinajstić information content (AvgIpc) is 3.26. The van der Waals surface area contributed by atoms with Crippen molar-refractivity contribution in [3.63, 3.8) is 0 Å². The van der Waals surface area contributed by atoms with E-state index >= 15 is 0 Å². The third kappa shape index (κ3) is 4.01. The van der Waals surface area contributed by atoms with Crippen LogP contribution in [-0.4, -0.2) is 28.7 Å². The number of nitrogens with one attached hydrogen (secondary N) is 2. The molecule has 1 aromatic heterocycles. The molecule has 2 N–H and O–H groups in total. The number of carbonyl (C=O) groups excluding carboxylic acids is 2. The lowest BCUT2D eigenvalue weighted by molar-refractivity contribution is -0.123. The first-order valence-electron chi connectivity index (χ1n) is 10.0. The normalized spacial score (nSPS) is 14.8. The molecule has 1 aliphatic heterocycles. The first-order valence-corrected chi connectivity index (χ1v) is 10.4. The van der Waals surface area contributed by atoms with E-state index in [1.165, 1.54) is 0 Å². The van der Waals surface area contributed by atoms with Gasteiger partial charge in [-0.15, -0.1) is 0 Å². The fourth-order valence-corrected chi connectivity index (χ4v) is 3.86. The molecule has 1 atom stereocenters. The molecule has 0 spiro atoms. The van der Waals surface area contributed by atoms with Crippen LogP contribution >= 0.6 is 11.6 Å². The maximum Gasteiger partial charge on any atom is 0.251 e. The molecule has 0 saturated heterocycles. The fourth-order valence-electron chi connectivity index (χ4n) is 3.68. The Balaban J connectivity index is 1.59. The van der Waals surface area contributed by atoms with Crippen LogP contribution in [0.25, 0.3) is 11.1 Å². The number of carbonyl (C=O) groups is 2. The van der Waals surface area contributed by atoms with Gasteiger partial charge in [-0.2, -0.15) is 5.10 Å². The van der Waals surface area contributed by atoms with Gasteiger partial charge in [-0.1, -0.05) is 36.7 Å². The molecule has 3 aromatic rings. The van der Waals surface area contributed by atoms with Crippen LogP contribution in [0.5, 0.6) is 5.75 Å². The van der Waals surface area contributed by atoms with Crippen molar-refractivity contribution in [1.82, 2.24) is 9.78 Å². The molecule has 31 heavy (non-hydrogen) atoms. The van der Waals surface area contributed by atoms with Gasteiger partial charge in [0.05, 0.1) is 19.2 Å². The summed E-state index contributed by atoms with van der Waals surface area (Å²) in [5, 5.41) is 10.9. The third-order valence-corrected chi connectivity index (χ3v) is 5.78. The molecule has 8 heteroatoms. The molecule has 2 aromatic carbocycles. The molecule has 160 valence electrons. The second kappa shape index (κ2) is 8.43. The quantitative estimate of drug-likeness (QED) is 0.588. The lowest BCUT2D eigenvalue weighted by atomic mass is 10.0. The monoisotopic (exact) mass is 438 g/mol. The molecule has 0 aliphatic carbocycles. The lowest BCUT2D eigenvalue weighted by Gasteiger charge is -2.11. The Bertz CT molecular complexity index is 1150. The number of aromatic nitrogens is 2. The highest BCUT2D eigenvalue weighted by atomic mass is 35.5. The van der Waals surface area contributed by atoms with Crippen molar-refractivity contribution in [2.75, 3.05) is 17.7 Å². The van der Waals surface area contributed by atoms with Gasteiger partial charge in [0, 0.05) is 16.3 Å². The van der Waals surface area contributed by atoms with Gasteiger partial charge in [-0.05, 0) is 48.7 Å². The molecule has 1 aliphatic rings. The summed E-state index contributed by atoms with van der Waals surface area (Å²) in [6, 6.07) is 12.2. The highest BCUT2D eigenvalue weighted by Gasteiger charge is 2.36. The van der Waals surface area contributed by atoms with E-state index in [4.69, 9.17) is 16.3 Å². The lowest BCUT2D eigenvalue weighted by Crippen LogP contribution is -2.24. The van der Waals surface area contributed by atoms with Crippen LogP contribution in [0.2, 0.25) is 5.02 Å². The van der Waals surface area contributed by atoms with Gasteiger partial charge in [0.1, 0.15) is 17.6 Å². The number of ether oxygens (including phenoxy) is 1. The van der Waals surface area contributed by atoms with Crippen LogP contribution < -0.4 is 15.4 Å². The molecule has 7 nitrogen and oxygen atoms in total. The highest BCUT2D eigenvalue weighted by molar-refractivity contribution is 6.31. The molecule has 2 heterocycles. The van der Waals surface area contributed by atoms with Crippen LogP contribution in [-0.2, 0) is 16.0 Å². The zero-order chi connectivity index (χ0) is 22.1. The maximum absolute atomic E-state index is 12.7. The van der Waals surface area contributed by atoms with Crippen LogP contribution in [0.1, 0.15) is 30.6 Å². The second-order valence-electron chi connectivity index (χ2n) is 7.42. The summed E-state index contributed by atoms with van der Waals surface area (Å²) in [5.74, 6) is 0.827. The number of amides is 2. The molecule has 0 bridgehead atoms. The first kappa shape index (κ1) is 20.9. The zero-order valence-corrected chi connectivity index (χ0v) is 18.3. The predicted octanol–water partition coefficient (Wildman–Crippen LogP) is 4.60. The second-order valence-corrected chi connectivity index (χ2v) is 7.83. The molecule has 0 saturated carbocycles. The van der Waals surface area contributed by atoms with E-state index in [0.29, 0.717) is 22.9 Å². The number of hydrogen-bond donors (Lipinski definition) is 2. The van der Waals surface area contributed by atoms with E-state index in [0.717, 1.165) is 28.1 Å². The molecule has 2 amide bonds. The Kier molecular flexibility index (Phi) is 5.69. The van der Waals surface area contributed by atoms with Crippen molar-refractivity contribution >= 4 is 34.9 Å². The Morgan fingerprint density at radius 2 is 2.00 bits per heavy atom. The molecule has 0 fully saturated rings. The highest BCUT2D eigenvalue weighted by Crippen LogP contribution is 2.39. The van der Waals surface area contributed by atoms with E-state index in [1.54, 1.807) is 23.9 Å². The molecule has 0 radical (unpaired) electrons. The Hall–Kier alpha value is -3.32. The Morgan fingerprint density at radius 3 is 2.65 bits per heavy atom. The van der Waals surface area contributed by atoms with Gasteiger partial charge in [0.15, 0.2) is 0 Å². The van der Waals surface area contributed by atoms with Crippen molar-refractivity contribution in [3.8, 4) is 16.9 Å². The number of anilines is 2. The van der Waals surface area contributed by atoms with Crippen molar-refractivity contribution in [2.45, 2.75) is 32.7 Å². The number of hydrogen-bond acceptors (Lipinski definition) is 4. The summed E-state index contributed by atoms with van der Waals surface area (Å²) in [5.41, 5.74) is 4.17. The van der Waals surface area contributed by atoms with Gasteiger partial charge >= 0.3 is 0 Å². The fraction of sp³-hybridized carbons (Fsp3) is 0.261. The van der Waals surface area contributed by atoms with Crippen LogP contribution in [0.4, 0.5) is 11.5 Å². The van der Waals surface area contributed by atoms with E-state index in [-0.39, 0.29) is 18.2 Å². The minimum Gasteiger partial charge on any atom is -0.497 e. The Morgan fingerprint density at radius 1 is 1.26 bits per heavy atom. The molecular formula is C23H23ClN4O3. The topological polar surface area (TPSA) is 85.2 Å². The van der Waals surface area contributed by atoms with E-state index < -0.39 is 6.04 Å². The minimum absolute atomic E-state index is 0.0305. The average molecular weight is 439 g/mol. The minimum atomic E-state index is -0.715. The number of fused-ring (bicyclic) bond motifs is 1. The number of nitrogens with zero attached hydrogens (tertiary/aromatic N) is 2. The predicted molar refractivity (Wildman–Crippen MR) is 121 cm³/mol. The van der Waals surface area contributed by atoms with Crippen molar-refractivity contribution in [2.24, 2.45) is 0 Å². The van der Waals surface area contributed by atoms with Crippen LogP contribution in [0.3, 0.4) is 0 Å². The maximum atomic E-state index is 12.7. The molecule has 1 unspecified atom stereocenters. The molecular weight excluding hydrogens is 416 g/mol. The zero-order valence-electron chi connectivity index (χ0n) is 17.5. The summed E-state index contributed by atoms with van der Waals surface area (Å²) in [6.07, 6.45) is 0.662. The van der Waals surface area contributed by atoms with E-state index in [2.05, 4.69) is 15.7 Å². The number of methoxy groups -OCH3 is 1. The number of aryl methyl sites for hydroxylation is 2. The van der Waals surface area contributed by atoms with Crippen molar-refractivity contribution < 1.29 is 14.3 Å². The van der Waals surface area contributed by atoms with E-state index in [1.807, 2.05) is 44.2 Å². The first-order chi connectivity index (χ1) is 14.9. The third-order valence-electron chi connectivity index (χ3n) is 5.37. The SMILES string of the molecule is CCc1nn2c(c1-c1ccc(OC)cc1)NC(=O)C2CC(=O)Nc1ccc(C)c(Cl)c1. The van der Waals surface area contributed by atoms with Crippen LogP contribution in [0.15, 0.2) is 42.5 Å². The van der Waals surface area contributed by atoms with Gasteiger partial charge in [0.2, 0.25) is 5.91 Å². The van der Waals surface area contributed by atoms with Gasteiger partial charge in [-0.3, -0.25) is 9.59 Å². The van der Waals surface area contributed by atoms with Crippen molar-refractivity contribution in [1.29, 1.82) is 0 Å². The van der Waals surface area contributed by atoms with Gasteiger partial charge in [-0.25, -0.2) is 4.68 Å². The molecule has 4 rings (SSSR count). The van der Waals surface area contributed by atoms with Gasteiger partial charge < -0.3 is 15.4 Å². The number of benzene rings is 2. The summed E-state index contributed by atoms with van der Waals surface area (Å²) in [4.78, 5) is 25.3. The van der Waals surface area contributed by atoms with Crippen molar-refractivity contribution in [3.05, 3.63) is 58.7 Å². The summed E-state index contributed by atoms with van der Waals surface area (Å²) in [7, 11) is 1.62. The van der Waals surface area contributed by atoms with E-state index in [9.17, 15) is 9.59 Å².